The lowest BCUT2D eigenvalue weighted by Crippen LogP contribution is -2.49. The highest BCUT2D eigenvalue weighted by Crippen LogP contribution is 2.26. The topological polar surface area (TPSA) is 54.3 Å². The van der Waals surface area contributed by atoms with Crippen molar-refractivity contribution in [2.24, 2.45) is 0 Å². The summed E-state index contributed by atoms with van der Waals surface area (Å²) in [5, 5.41) is 4.26. The summed E-state index contributed by atoms with van der Waals surface area (Å²) in [6.45, 7) is 3.47. The van der Waals surface area contributed by atoms with E-state index in [0.717, 1.165) is 51.9 Å². The fraction of sp³-hybridized carbons (Fsp3) is 0.526. The summed E-state index contributed by atoms with van der Waals surface area (Å²) >= 11 is 0. The molecule has 0 bridgehead atoms. The minimum absolute atomic E-state index is 0.0229. The maximum atomic E-state index is 13.2. The molecular weight excluding hydrogens is 314 g/mol. The molecule has 2 atom stereocenters. The summed E-state index contributed by atoms with van der Waals surface area (Å²) in [6, 6.07) is 10.7. The van der Waals surface area contributed by atoms with E-state index in [1.54, 1.807) is 12.7 Å². The summed E-state index contributed by atoms with van der Waals surface area (Å²) < 4.78 is 1.90. The van der Waals surface area contributed by atoms with Gasteiger partial charge in [0.1, 0.15) is 12.7 Å². The molecule has 0 spiro atoms. The van der Waals surface area contributed by atoms with Crippen LogP contribution in [0.5, 0.6) is 0 Å². The van der Waals surface area contributed by atoms with Gasteiger partial charge < -0.3 is 4.90 Å². The Labute approximate surface area is 148 Å². The second-order valence-electron chi connectivity index (χ2n) is 7.07. The van der Waals surface area contributed by atoms with Crippen LogP contribution in [0.3, 0.4) is 0 Å². The number of rotatable bonds is 4. The van der Waals surface area contributed by atoms with Crippen molar-refractivity contribution in [2.75, 3.05) is 19.6 Å². The largest absolute Gasteiger partial charge is 0.339 e. The SMILES string of the molecule is O=C([C@@H]1CCCN1Cc1ccccc1)N1CCC[C@H](n2cncn2)C1. The number of amides is 1. The maximum Gasteiger partial charge on any atom is 0.240 e. The van der Waals surface area contributed by atoms with Gasteiger partial charge in [0.2, 0.25) is 5.91 Å². The summed E-state index contributed by atoms with van der Waals surface area (Å²) in [4.78, 5) is 21.6. The first-order valence-corrected chi connectivity index (χ1v) is 9.22. The third-order valence-electron chi connectivity index (χ3n) is 5.40. The van der Waals surface area contributed by atoms with E-state index in [1.807, 2.05) is 15.6 Å². The van der Waals surface area contributed by atoms with Crippen LogP contribution in [0, 0.1) is 0 Å². The molecule has 25 heavy (non-hydrogen) atoms. The Bertz CT molecular complexity index is 687. The molecule has 2 aliphatic rings. The predicted molar refractivity (Wildman–Crippen MR) is 94.7 cm³/mol. The summed E-state index contributed by atoms with van der Waals surface area (Å²) in [5.74, 6) is 0.290. The Morgan fingerprint density at radius 2 is 1.96 bits per heavy atom. The molecule has 1 aromatic carbocycles. The molecule has 6 nitrogen and oxygen atoms in total. The standard InChI is InChI=1S/C19H25N5O/c25-19(23-11-4-8-17(13-23)24-15-20-14-21-24)18-9-5-10-22(18)12-16-6-2-1-3-7-16/h1-3,6-7,14-15,17-18H,4-5,8-13H2/t17-,18-/m0/s1. The van der Waals surface area contributed by atoms with Crippen molar-refractivity contribution < 1.29 is 4.79 Å². The first-order valence-electron chi connectivity index (χ1n) is 9.22. The Kier molecular flexibility index (Phi) is 4.78. The highest BCUT2D eigenvalue weighted by molar-refractivity contribution is 5.82. The molecule has 4 rings (SSSR count). The number of benzene rings is 1. The number of carbonyl (C=O) groups is 1. The Morgan fingerprint density at radius 1 is 1.12 bits per heavy atom. The van der Waals surface area contributed by atoms with Gasteiger partial charge in [-0.3, -0.25) is 9.69 Å². The molecule has 1 aromatic heterocycles. The van der Waals surface area contributed by atoms with Gasteiger partial charge in [-0.05, 0) is 37.8 Å². The van der Waals surface area contributed by atoms with Gasteiger partial charge in [0.25, 0.3) is 0 Å². The third kappa shape index (κ3) is 3.58. The minimum atomic E-state index is 0.0229. The molecule has 0 N–H and O–H groups in total. The first-order chi connectivity index (χ1) is 12.3. The molecule has 2 aliphatic heterocycles. The molecule has 1 amide bonds. The molecule has 0 radical (unpaired) electrons. The molecule has 0 saturated carbocycles. The van der Waals surface area contributed by atoms with E-state index in [4.69, 9.17) is 0 Å². The molecule has 0 aliphatic carbocycles. The van der Waals surface area contributed by atoms with E-state index in [1.165, 1.54) is 5.56 Å². The molecule has 6 heteroatoms. The van der Waals surface area contributed by atoms with E-state index < -0.39 is 0 Å². The number of carbonyl (C=O) groups excluding carboxylic acids is 1. The van der Waals surface area contributed by atoms with Crippen LogP contribution in [-0.4, -0.2) is 56.1 Å². The Hall–Kier alpha value is -2.21. The predicted octanol–water partition coefficient (Wildman–Crippen LogP) is 2.11. The van der Waals surface area contributed by atoms with E-state index in [0.29, 0.717) is 5.91 Å². The molecular formula is C19H25N5O. The first kappa shape index (κ1) is 16.3. The lowest BCUT2D eigenvalue weighted by molar-refractivity contribution is -0.137. The van der Waals surface area contributed by atoms with Crippen molar-refractivity contribution in [3.8, 4) is 0 Å². The van der Waals surface area contributed by atoms with E-state index in [2.05, 4.69) is 39.2 Å². The van der Waals surface area contributed by atoms with Crippen molar-refractivity contribution >= 4 is 5.91 Å². The molecule has 0 unspecified atom stereocenters. The van der Waals surface area contributed by atoms with E-state index >= 15 is 0 Å². The zero-order chi connectivity index (χ0) is 17.1. The zero-order valence-corrected chi connectivity index (χ0v) is 14.5. The lowest BCUT2D eigenvalue weighted by Gasteiger charge is -2.36. The van der Waals surface area contributed by atoms with Crippen LogP contribution < -0.4 is 0 Å². The number of piperidine rings is 1. The van der Waals surface area contributed by atoms with Crippen LogP contribution in [-0.2, 0) is 11.3 Å². The Morgan fingerprint density at radius 3 is 2.76 bits per heavy atom. The number of likely N-dealkylation sites (tertiary alicyclic amines) is 2. The molecule has 2 aromatic rings. The maximum absolute atomic E-state index is 13.2. The molecule has 2 saturated heterocycles. The van der Waals surface area contributed by atoms with Crippen LogP contribution in [0.25, 0.3) is 0 Å². The van der Waals surface area contributed by atoms with Crippen molar-refractivity contribution in [3.05, 3.63) is 48.5 Å². The fourth-order valence-electron chi connectivity index (χ4n) is 4.10. The average Bonchev–Trinajstić information content (AvgIpc) is 3.34. The monoisotopic (exact) mass is 339 g/mol. The lowest BCUT2D eigenvalue weighted by atomic mass is 10.0. The van der Waals surface area contributed by atoms with Crippen molar-refractivity contribution in [2.45, 2.75) is 44.3 Å². The van der Waals surface area contributed by atoms with Crippen LogP contribution in [0.1, 0.15) is 37.3 Å². The second kappa shape index (κ2) is 7.35. The quantitative estimate of drug-likeness (QED) is 0.856. The number of hydrogen-bond acceptors (Lipinski definition) is 4. The van der Waals surface area contributed by atoms with Gasteiger partial charge in [-0.25, -0.2) is 9.67 Å². The highest BCUT2D eigenvalue weighted by atomic mass is 16.2. The number of aromatic nitrogens is 3. The Balaban J connectivity index is 1.42. The van der Waals surface area contributed by atoms with Crippen molar-refractivity contribution in [1.82, 2.24) is 24.6 Å². The molecule has 2 fully saturated rings. The van der Waals surface area contributed by atoms with Gasteiger partial charge in [-0.15, -0.1) is 0 Å². The van der Waals surface area contributed by atoms with Crippen LogP contribution in [0.2, 0.25) is 0 Å². The summed E-state index contributed by atoms with van der Waals surface area (Å²) in [6.07, 6.45) is 7.49. The van der Waals surface area contributed by atoms with Crippen LogP contribution in [0.4, 0.5) is 0 Å². The highest BCUT2D eigenvalue weighted by Gasteiger charge is 2.35. The fourth-order valence-corrected chi connectivity index (χ4v) is 4.10. The average molecular weight is 339 g/mol. The molecule has 3 heterocycles. The zero-order valence-electron chi connectivity index (χ0n) is 14.5. The van der Waals surface area contributed by atoms with Crippen LogP contribution in [0.15, 0.2) is 43.0 Å². The van der Waals surface area contributed by atoms with Gasteiger partial charge in [-0.2, -0.15) is 5.10 Å². The number of hydrogen-bond donors (Lipinski definition) is 0. The van der Waals surface area contributed by atoms with Gasteiger partial charge in [0.05, 0.1) is 12.1 Å². The van der Waals surface area contributed by atoms with Gasteiger partial charge in [0, 0.05) is 19.6 Å². The van der Waals surface area contributed by atoms with Gasteiger partial charge in [0.15, 0.2) is 0 Å². The normalized spacial score (nSPS) is 24.6. The molecule has 132 valence electrons. The smallest absolute Gasteiger partial charge is 0.240 e. The van der Waals surface area contributed by atoms with Gasteiger partial charge in [-0.1, -0.05) is 30.3 Å². The van der Waals surface area contributed by atoms with Crippen LogP contribution >= 0.6 is 0 Å². The second-order valence-corrected chi connectivity index (χ2v) is 7.07. The van der Waals surface area contributed by atoms with E-state index in [-0.39, 0.29) is 12.1 Å². The van der Waals surface area contributed by atoms with Gasteiger partial charge >= 0.3 is 0 Å². The summed E-state index contributed by atoms with van der Waals surface area (Å²) in [5.41, 5.74) is 1.28. The minimum Gasteiger partial charge on any atom is -0.339 e. The van der Waals surface area contributed by atoms with E-state index in [9.17, 15) is 4.79 Å². The number of nitrogens with zero attached hydrogens (tertiary/aromatic N) is 5. The summed E-state index contributed by atoms with van der Waals surface area (Å²) in [7, 11) is 0. The van der Waals surface area contributed by atoms with Crippen molar-refractivity contribution in [1.29, 1.82) is 0 Å². The van der Waals surface area contributed by atoms with Crippen molar-refractivity contribution in [3.63, 3.8) is 0 Å². The third-order valence-corrected chi connectivity index (χ3v) is 5.40.